The highest BCUT2D eigenvalue weighted by atomic mass is 15.2. The van der Waals surface area contributed by atoms with Crippen molar-refractivity contribution in [3.8, 4) is 22.3 Å². The third-order valence-corrected chi connectivity index (χ3v) is 20.8. The van der Waals surface area contributed by atoms with Gasteiger partial charge >= 0.3 is 0 Å². The lowest BCUT2D eigenvalue weighted by Crippen LogP contribution is -2.62. The van der Waals surface area contributed by atoms with Gasteiger partial charge in [-0.15, -0.1) is 0 Å². The molecule has 4 heteroatoms. The predicted octanol–water partition coefficient (Wildman–Crippen LogP) is 18.6. The number of anilines is 9. The summed E-state index contributed by atoms with van der Waals surface area (Å²) in [6.07, 6.45) is 4.65. The van der Waals surface area contributed by atoms with Crippen LogP contribution >= 0.6 is 0 Å². The van der Waals surface area contributed by atoms with Crippen molar-refractivity contribution in [1.82, 2.24) is 0 Å². The number of aryl methyl sites for hydroxylation is 1. The Morgan fingerprint density at radius 2 is 0.756 bits per heavy atom. The zero-order valence-electron chi connectivity index (χ0n) is 49.0. The van der Waals surface area contributed by atoms with Gasteiger partial charge in [-0.05, 0) is 222 Å². The highest BCUT2D eigenvalue weighted by Gasteiger charge is 2.53. The normalized spacial score (nSPS) is 17.8. The van der Waals surface area contributed by atoms with Crippen molar-refractivity contribution >= 4 is 74.3 Å². The molecule has 0 bridgehead atoms. The molecule has 82 heavy (non-hydrogen) atoms. The van der Waals surface area contributed by atoms with Crippen LogP contribution in [0.5, 0.6) is 0 Å². The van der Waals surface area contributed by atoms with Crippen LogP contribution in [0.2, 0.25) is 0 Å². The van der Waals surface area contributed by atoms with Gasteiger partial charge < -0.3 is 14.7 Å². The number of hydrogen-bond donors (Lipinski definition) is 0. The second kappa shape index (κ2) is 17.1. The van der Waals surface area contributed by atoms with Crippen LogP contribution in [0.3, 0.4) is 0 Å². The first-order valence-electron chi connectivity index (χ1n) is 30.1. The van der Waals surface area contributed by atoms with Crippen molar-refractivity contribution in [2.24, 2.45) is 0 Å². The van der Waals surface area contributed by atoms with E-state index in [1.54, 1.807) is 0 Å². The summed E-state index contributed by atoms with van der Waals surface area (Å²) in [6.45, 7) is 22.1. The van der Waals surface area contributed by atoms with Gasteiger partial charge in [0.2, 0.25) is 0 Å². The molecule has 16 rings (SSSR count). The zero-order valence-corrected chi connectivity index (χ0v) is 49.0. The van der Waals surface area contributed by atoms with Crippen LogP contribution in [0.1, 0.15) is 131 Å². The van der Waals surface area contributed by atoms with E-state index in [2.05, 4.69) is 289 Å². The van der Waals surface area contributed by atoms with E-state index in [-0.39, 0.29) is 28.4 Å². The number of hydrogen-bond acceptors (Lipinski definition) is 3. The van der Waals surface area contributed by atoms with Crippen LogP contribution in [-0.2, 0) is 27.1 Å². The third-order valence-electron chi connectivity index (χ3n) is 20.8. The molecule has 2 aliphatic heterocycles. The van der Waals surface area contributed by atoms with Gasteiger partial charge in [0.05, 0.1) is 5.41 Å². The van der Waals surface area contributed by atoms with E-state index in [0.717, 1.165) is 42.0 Å². The standard InChI is InChI=1S/C78H70BN3/c1-49-42-71-73-72(43-49)82(53-33-36-62-64(45-53)75(4,5)39-38-74(62,2)3)70-48-66-65(76(6,7)40-41-77(66,8)9)47-68(70)79(73)67-37-34-54(80(50-22-12-10-13-23-50)51-24-14-11-15-25-51)46-69(67)81(71)52-32-35-58-57-28-18-21-31-61(57)78(63(58)44-52)59-29-19-16-26-55(59)56-27-17-20-30-60(56)78/h10-37,42-48H,38-41H2,1-9H3. The maximum Gasteiger partial charge on any atom is 0.252 e. The molecule has 0 N–H and O–H groups in total. The van der Waals surface area contributed by atoms with E-state index >= 15 is 0 Å². The highest BCUT2D eigenvalue weighted by molar-refractivity contribution is 7.00. The third kappa shape index (κ3) is 6.78. The quantitative estimate of drug-likeness (QED) is 0.159. The fourth-order valence-electron chi connectivity index (χ4n) is 16.4. The van der Waals surface area contributed by atoms with Crippen molar-refractivity contribution < 1.29 is 0 Å². The van der Waals surface area contributed by atoms with Gasteiger partial charge in [0, 0.05) is 51.2 Å². The molecule has 0 fully saturated rings. The van der Waals surface area contributed by atoms with Crippen molar-refractivity contribution in [2.45, 2.75) is 115 Å². The maximum absolute atomic E-state index is 2.71. The molecule has 0 saturated heterocycles. The molecule has 0 saturated carbocycles. The Morgan fingerprint density at radius 3 is 1.29 bits per heavy atom. The van der Waals surface area contributed by atoms with E-state index in [1.807, 2.05) is 0 Å². The van der Waals surface area contributed by atoms with Gasteiger partial charge in [-0.1, -0.05) is 189 Å². The van der Waals surface area contributed by atoms with E-state index < -0.39 is 5.41 Å². The van der Waals surface area contributed by atoms with Gasteiger partial charge in [0.25, 0.3) is 6.71 Å². The van der Waals surface area contributed by atoms with Gasteiger partial charge in [0.15, 0.2) is 0 Å². The summed E-state index contributed by atoms with van der Waals surface area (Å²) < 4.78 is 0. The van der Waals surface area contributed by atoms with E-state index in [1.165, 1.54) is 124 Å². The fourth-order valence-corrected chi connectivity index (χ4v) is 16.4. The fraction of sp³-hybridized carbons (Fsp3) is 0.231. The molecule has 400 valence electrons. The Hall–Kier alpha value is -8.34. The van der Waals surface area contributed by atoms with Crippen LogP contribution < -0.4 is 31.1 Å². The monoisotopic (exact) mass is 1060 g/mol. The van der Waals surface area contributed by atoms with Gasteiger partial charge in [-0.3, -0.25) is 0 Å². The summed E-state index contributed by atoms with van der Waals surface area (Å²) in [6, 6.07) is 82.3. The molecule has 10 aromatic rings. The number of fused-ring (bicyclic) bond motifs is 16. The molecule has 0 unspecified atom stereocenters. The number of rotatable bonds is 5. The Kier molecular flexibility index (Phi) is 10.3. The molecule has 10 aromatic carbocycles. The number of para-hydroxylation sites is 2. The average Bonchev–Trinajstić information content (AvgIpc) is 3.40. The highest BCUT2D eigenvalue weighted by Crippen LogP contribution is 2.64. The molecule has 0 amide bonds. The minimum atomic E-state index is -0.494. The van der Waals surface area contributed by atoms with Gasteiger partial charge in [-0.25, -0.2) is 0 Å². The number of benzene rings is 10. The zero-order chi connectivity index (χ0) is 55.8. The van der Waals surface area contributed by atoms with Crippen molar-refractivity contribution in [3.63, 3.8) is 0 Å². The molecule has 3 nitrogen and oxygen atoms in total. The summed E-state index contributed by atoms with van der Waals surface area (Å²) >= 11 is 0. The first-order chi connectivity index (χ1) is 39.5. The smallest absolute Gasteiger partial charge is 0.252 e. The van der Waals surface area contributed by atoms with Gasteiger partial charge in [-0.2, -0.15) is 0 Å². The lowest BCUT2D eigenvalue weighted by molar-refractivity contribution is 0.332. The maximum atomic E-state index is 2.71. The Labute approximate surface area is 486 Å². The lowest BCUT2D eigenvalue weighted by Gasteiger charge is -2.48. The summed E-state index contributed by atoms with van der Waals surface area (Å²) in [5.41, 5.74) is 32.4. The van der Waals surface area contributed by atoms with Crippen LogP contribution in [0, 0.1) is 6.92 Å². The van der Waals surface area contributed by atoms with E-state index in [9.17, 15) is 0 Å². The van der Waals surface area contributed by atoms with Gasteiger partial charge in [0.1, 0.15) is 0 Å². The summed E-state index contributed by atoms with van der Waals surface area (Å²) in [4.78, 5) is 7.82. The van der Waals surface area contributed by atoms with Crippen molar-refractivity contribution in [1.29, 1.82) is 0 Å². The largest absolute Gasteiger partial charge is 0.311 e. The van der Waals surface area contributed by atoms with Crippen LogP contribution in [0.4, 0.5) is 51.2 Å². The predicted molar refractivity (Wildman–Crippen MR) is 347 cm³/mol. The minimum absolute atomic E-state index is 0.0111. The molecular weight excluding hydrogens is 990 g/mol. The second-order valence-electron chi connectivity index (χ2n) is 27.4. The van der Waals surface area contributed by atoms with Crippen LogP contribution in [0.25, 0.3) is 22.3 Å². The molecular formula is C78H70BN3. The summed E-state index contributed by atoms with van der Waals surface area (Å²) in [5.74, 6) is 0. The molecule has 0 atom stereocenters. The molecule has 1 spiro atoms. The van der Waals surface area contributed by atoms with E-state index in [0.29, 0.717) is 0 Å². The van der Waals surface area contributed by atoms with Crippen molar-refractivity contribution in [3.05, 3.63) is 262 Å². The Morgan fingerprint density at radius 1 is 0.329 bits per heavy atom. The molecule has 4 aliphatic carbocycles. The molecule has 0 radical (unpaired) electrons. The second-order valence-corrected chi connectivity index (χ2v) is 27.4. The minimum Gasteiger partial charge on any atom is -0.311 e. The Bertz CT molecular complexity index is 4230. The van der Waals surface area contributed by atoms with Crippen LogP contribution in [-0.4, -0.2) is 6.71 Å². The molecule has 6 aliphatic rings. The van der Waals surface area contributed by atoms with E-state index in [4.69, 9.17) is 0 Å². The average molecular weight is 1060 g/mol. The lowest BCUT2D eigenvalue weighted by atomic mass is 9.33. The first kappa shape index (κ1) is 49.5. The molecule has 2 heterocycles. The first-order valence-corrected chi connectivity index (χ1v) is 30.1. The van der Waals surface area contributed by atoms with Crippen LogP contribution in [0.15, 0.2) is 212 Å². The number of nitrogens with zero attached hydrogens (tertiary/aromatic N) is 3. The summed E-state index contributed by atoms with van der Waals surface area (Å²) in [7, 11) is 0. The van der Waals surface area contributed by atoms with Crippen molar-refractivity contribution in [2.75, 3.05) is 14.7 Å². The summed E-state index contributed by atoms with van der Waals surface area (Å²) in [5, 5.41) is 0. The topological polar surface area (TPSA) is 9.72 Å². The molecule has 0 aromatic heterocycles. The Balaban J connectivity index is 1.01. The SMILES string of the molecule is Cc1cc2c3c(c1)N(c1ccc4c(c1)C(C)(C)CCC4(C)C)c1cc4c(cc1B3c1ccc(N(c3ccccc3)c3ccccc3)cc1N2c1ccc2c(c1)C1(c3ccccc3-c3ccccc31)c1ccccc1-2)C(C)(C)CCC4(C)C.